The second-order valence-corrected chi connectivity index (χ2v) is 6.93. The number of carbonyl (C=O) groups is 1. The van der Waals surface area contributed by atoms with Gasteiger partial charge in [-0.3, -0.25) is 9.78 Å². The fourth-order valence-corrected chi connectivity index (χ4v) is 3.37. The summed E-state index contributed by atoms with van der Waals surface area (Å²) in [6, 6.07) is 8.35. The Balaban J connectivity index is 1.57. The summed E-state index contributed by atoms with van der Waals surface area (Å²) in [5, 5.41) is 2.95. The quantitative estimate of drug-likeness (QED) is 0.910. The monoisotopic (exact) mass is 338 g/mol. The van der Waals surface area contributed by atoms with Gasteiger partial charge in [0.05, 0.1) is 11.9 Å². The minimum Gasteiger partial charge on any atom is -0.350 e. The fourth-order valence-electron chi connectivity index (χ4n) is 3.37. The van der Waals surface area contributed by atoms with Gasteiger partial charge in [-0.2, -0.15) is 0 Å². The average molecular weight is 338 g/mol. The van der Waals surface area contributed by atoms with Crippen molar-refractivity contribution in [3.05, 3.63) is 59.2 Å². The van der Waals surface area contributed by atoms with E-state index in [0.29, 0.717) is 18.2 Å². The van der Waals surface area contributed by atoms with Gasteiger partial charge in [0.15, 0.2) is 0 Å². The van der Waals surface area contributed by atoms with Gasteiger partial charge < -0.3 is 10.2 Å². The summed E-state index contributed by atoms with van der Waals surface area (Å²) >= 11 is 0. The molecule has 0 aliphatic carbocycles. The molecule has 0 bridgehead atoms. The smallest absolute Gasteiger partial charge is 0.271 e. The van der Waals surface area contributed by atoms with E-state index in [-0.39, 0.29) is 5.91 Å². The van der Waals surface area contributed by atoms with Crippen molar-refractivity contribution >= 4 is 5.91 Å². The van der Waals surface area contributed by atoms with Crippen LogP contribution in [-0.2, 0) is 6.42 Å². The molecular weight excluding hydrogens is 312 g/mol. The molecule has 1 aromatic carbocycles. The molecule has 0 saturated carbocycles. The highest BCUT2D eigenvalue weighted by Crippen LogP contribution is 2.24. The molecule has 5 heteroatoms. The van der Waals surface area contributed by atoms with Crippen molar-refractivity contribution in [1.29, 1.82) is 0 Å². The SMILES string of the molecule is Cc1cccc(CCNC(=O)c2cncc([C@@H]3CCCN(C)C3)n2)c1. The molecule has 0 unspecified atom stereocenters. The molecule has 2 heterocycles. The molecule has 1 amide bonds. The Morgan fingerprint density at radius 3 is 3.04 bits per heavy atom. The van der Waals surface area contributed by atoms with Crippen LogP contribution in [0.25, 0.3) is 0 Å². The Kier molecular flexibility index (Phi) is 5.76. The van der Waals surface area contributed by atoms with E-state index in [1.807, 2.05) is 6.07 Å². The maximum Gasteiger partial charge on any atom is 0.271 e. The van der Waals surface area contributed by atoms with E-state index < -0.39 is 0 Å². The average Bonchev–Trinajstić information content (AvgIpc) is 2.62. The molecule has 1 atom stereocenters. The molecule has 2 aromatic rings. The number of nitrogens with one attached hydrogen (secondary N) is 1. The number of aryl methyl sites for hydroxylation is 1. The Morgan fingerprint density at radius 2 is 2.24 bits per heavy atom. The maximum atomic E-state index is 12.4. The molecule has 1 aromatic heterocycles. The van der Waals surface area contributed by atoms with Gasteiger partial charge in [-0.1, -0.05) is 29.8 Å². The number of likely N-dealkylation sites (N-methyl/N-ethyl adjacent to an activating group) is 1. The lowest BCUT2D eigenvalue weighted by atomic mass is 9.95. The Bertz CT molecular complexity index is 731. The number of carbonyl (C=O) groups excluding carboxylic acids is 1. The number of hydrogen-bond donors (Lipinski definition) is 1. The topological polar surface area (TPSA) is 58.1 Å². The lowest BCUT2D eigenvalue weighted by molar-refractivity contribution is 0.0948. The highest BCUT2D eigenvalue weighted by atomic mass is 16.1. The van der Waals surface area contributed by atoms with Crippen molar-refractivity contribution < 1.29 is 4.79 Å². The van der Waals surface area contributed by atoms with Crippen LogP contribution in [0.1, 0.15) is 46.1 Å². The number of aromatic nitrogens is 2. The van der Waals surface area contributed by atoms with Crippen molar-refractivity contribution in [2.75, 3.05) is 26.7 Å². The fraction of sp³-hybridized carbons (Fsp3) is 0.450. The standard InChI is InChI=1S/C20H26N4O/c1-15-5-3-6-16(11-15)8-9-22-20(25)19-13-21-12-18(23-19)17-7-4-10-24(2)14-17/h3,5-6,11-13,17H,4,7-10,14H2,1-2H3,(H,22,25)/t17-/m1/s1. The molecule has 0 spiro atoms. The third kappa shape index (κ3) is 4.86. The van der Waals surface area contributed by atoms with Crippen LogP contribution in [0, 0.1) is 6.92 Å². The first-order valence-electron chi connectivity index (χ1n) is 8.96. The first-order valence-corrected chi connectivity index (χ1v) is 8.96. The molecule has 1 aliphatic heterocycles. The minimum atomic E-state index is -0.147. The van der Waals surface area contributed by atoms with E-state index in [2.05, 4.69) is 52.4 Å². The van der Waals surface area contributed by atoms with Gasteiger partial charge in [-0.05, 0) is 45.3 Å². The van der Waals surface area contributed by atoms with Crippen molar-refractivity contribution in [2.45, 2.75) is 32.1 Å². The summed E-state index contributed by atoms with van der Waals surface area (Å²) in [5.41, 5.74) is 3.80. The largest absolute Gasteiger partial charge is 0.350 e. The van der Waals surface area contributed by atoms with E-state index in [0.717, 1.165) is 38.0 Å². The van der Waals surface area contributed by atoms with Gasteiger partial charge in [0.25, 0.3) is 5.91 Å². The number of hydrogen-bond acceptors (Lipinski definition) is 4. The first kappa shape index (κ1) is 17.5. The Hall–Kier alpha value is -2.27. The number of likely N-dealkylation sites (tertiary alicyclic amines) is 1. The van der Waals surface area contributed by atoms with Gasteiger partial charge in [0, 0.05) is 25.2 Å². The Labute approximate surface area is 149 Å². The first-order chi connectivity index (χ1) is 12.1. The van der Waals surface area contributed by atoms with Crippen LogP contribution in [0.5, 0.6) is 0 Å². The number of nitrogens with zero attached hydrogens (tertiary/aromatic N) is 3. The summed E-state index contributed by atoms with van der Waals surface area (Å²) in [7, 11) is 2.13. The van der Waals surface area contributed by atoms with Crippen LogP contribution >= 0.6 is 0 Å². The van der Waals surface area contributed by atoms with E-state index >= 15 is 0 Å². The second kappa shape index (κ2) is 8.21. The zero-order chi connectivity index (χ0) is 17.6. The predicted octanol–water partition coefficient (Wildman–Crippen LogP) is 2.57. The molecule has 3 rings (SSSR count). The molecule has 1 fully saturated rings. The van der Waals surface area contributed by atoms with Crippen molar-refractivity contribution in [3.63, 3.8) is 0 Å². The number of amides is 1. The molecule has 1 saturated heterocycles. The zero-order valence-corrected chi connectivity index (χ0v) is 15.0. The molecular formula is C20H26N4O. The molecule has 5 nitrogen and oxygen atoms in total. The summed E-state index contributed by atoms with van der Waals surface area (Å²) in [5.74, 6) is 0.220. The second-order valence-electron chi connectivity index (χ2n) is 6.93. The number of piperidine rings is 1. The van der Waals surface area contributed by atoms with Gasteiger partial charge in [-0.15, -0.1) is 0 Å². The molecule has 0 radical (unpaired) electrons. The molecule has 25 heavy (non-hydrogen) atoms. The van der Waals surface area contributed by atoms with Crippen LogP contribution in [-0.4, -0.2) is 47.5 Å². The van der Waals surface area contributed by atoms with Crippen molar-refractivity contribution in [2.24, 2.45) is 0 Å². The maximum absolute atomic E-state index is 12.4. The Morgan fingerprint density at radius 1 is 1.36 bits per heavy atom. The molecule has 1 N–H and O–H groups in total. The highest BCUT2D eigenvalue weighted by molar-refractivity contribution is 5.91. The third-order valence-corrected chi connectivity index (χ3v) is 4.71. The van der Waals surface area contributed by atoms with E-state index in [4.69, 9.17) is 0 Å². The van der Waals surface area contributed by atoms with Gasteiger partial charge in [0.1, 0.15) is 5.69 Å². The van der Waals surface area contributed by atoms with Crippen molar-refractivity contribution in [1.82, 2.24) is 20.2 Å². The van der Waals surface area contributed by atoms with Crippen LogP contribution in [0.3, 0.4) is 0 Å². The van der Waals surface area contributed by atoms with Crippen LogP contribution in [0.2, 0.25) is 0 Å². The van der Waals surface area contributed by atoms with Gasteiger partial charge in [0.2, 0.25) is 0 Å². The number of benzene rings is 1. The minimum absolute atomic E-state index is 0.147. The summed E-state index contributed by atoms with van der Waals surface area (Å²) in [6.07, 6.45) is 6.44. The van der Waals surface area contributed by atoms with Gasteiger partial charge >= 0.3 is 0 Å². The summed E-state index contributed by atoms with van der Waals surface area (Å²) in [6.45, 7) is 4.78. The lowest BCUT2D eigenvalue weighted by Gasteiger charge is -2.29. The normalized spacial score (nSPS) is 18.1. The van der Waals surface area contributed by atoms with Crippen molar-refractivity contribution in [3.8, 4) is 0 Å². The van der Waals surface area contributed by atoms with E-state index in [1.54, 1.807) is 12.4 Å². The highest BCUT2D eigenvalue weighted by Gasteiger charge is 2.21. The predicted molar refractivity (Wildman–Crippen MR) is 98.7 cm³/mol. The zero-order valence-electron chi connectivity index (χ0n) is 15.0. The van der Waals surface area contributed by atoms with E-state index in [1.165, 1.54) is 11.1 Å². The third-order valence-electron chi connectivity index (χ3n) is 4.71. The summed E-state index contributed by atoms with van der Waals surface area (Å²) < 4.78 is 0. The lowest BCUT2D eigenvalue weighted by Crippen LogP contribution is -2.32. The van der Waals surface area contributed by atoms with Crippen LogP contribution in [0.15, 0.2) is 36.7 Å². The van der Waals surface area contributed by atoms with E-state index in [9.17, 15) is 4.79 Å². The van der Waals surface area contributed by atoms with Crippen LogP contribution in [0.4, 0.5) is 0 Å². The summed E-state index contributed by atoms with van der Waals surface area (Å²) in [4.78, 5) is 23.5. The molecule has 132 valence electrons. The van der Waals surface area contributed by atoms with Crippen LogP contribution < -0.4 is 5.32 Å². The van der Waals surface area contributed by atoms with Gasteiger partial charge in [-0.25, -0.2) is 4.98 Å². The number of rotatable bonds is 5. The molecule has 1 aliphatic rings.